The molecular weight excluding hydrogens is 575 g/mol. The molecule has 0 bridgehead atoms. The van der Waals surface area contributed by atoms with Gasteiger partial charge in [0, 0.05) is 30.7 Å². The summed E-state index contributed by atoms with van der Waals surface area (Å²) in [7, 11) is 0. The number of piperazine rings is 1. The molecule has 44 heavy (non-hydrogen) atoms. The Morgan fingerprint density at radius 1 is 1.16 bits per heavy atom. The van der Waals surface area contributed by atoms with E-state index in [0.717, 1.165) is 18.2 Å². The molecule has 5 heterocycles. The molecule has 6 rings (SSSR count). The van der Waals surface area contributed by atoms with Gasteiger partial charge in [0.1, 0.15) is 18.1 Å². The number of pyridine rings is 3. The molecular formula is C32H30F3N5O4. The summed E-state index contributed by atoms with van der Waals surface area (Å²) in [6.07, 6.45) is 2.85. The van der Waals surface area contributed by atoms with Gasteiger partial charge in [-0.1, -0.05) is 20.4 Å². The lowest BCUT2D eigenvalue weighted by atomic mass is 10.0. The second-order valence-electron chi connectivity index (χ2n) is 11.4. The van der Waals surface area contributed by atoms with E-state index in [1.807, 2.05) is 25.7 Å². The number of carbonyl (C=O) groups excluding carboxylic acids is 1. The largest absolute Gasteiger partial charge is 0.507 e. The summed E-state index contributed by atoms with van der Waals surface area (Å²) in [5, 5.41) is 10.7. The smallest absolute Gasteiger partial charge is 0.301 e. The Bertz CT molecular complexity index is 1930. The zero-order chi connectivity index (χ0) is 31.6. The van der Waals surface area contributed by atoms with Crippen LogP contribution in [0.25, 0.3) is 28.0 Å². The van der Waals surface area contributed by atoms with E-state index in [2.05, 4.69) is 16.5 Å². The molecule has 1 N–H and O–H groups in total. The van der Waals surface area contributed by atoms with E-state index >= 15 is 8.78 Å². The van der Waals surface area contributed by atoms with Crippen molar-refractivity contribution in [2.24, 2.45) is 0 Å². The van der Waals surface area contributed by atoms with Crippen LogP contribution in [0, 0.1) is 24.4 Å². The summed E-state index contributed by atoms with van der Waals surface area (Å²) in [5.41, 5.74) is -0.205. The summed E-state index contributed by atoms with van der Waals surface area (Å²) in [6.45, 7) is 11.7. The highest BCUT2D eigenvalue weighted by Crippen LogP contribution is 2.43. The molecule has 1 saturated heterocycles. The van der Waals surface area contributed by atoms with Gasteiger partial charge in [0.05, 0.1) is 28.7 Å². The average molecular weight is 606 g/mol. The molecule has 4 aromatic rings. The molecule has 228 valence electrons. The van der Waals surface area contributed by atoms with Crippen LogP contribution in [0.3, 0.4) is 0 Å². The van der Waals surface area contributed by atoms with Crippen molar-refractivity contribution in [3.05, 3.63) is 82.2 Å². The van der Waals surface area contributed by atoms with Gasteiger partial charge in [-0.2, -0.15) is 0 Å². The van der Waals surface area contributed by atoms with Gasteiger partial charge in [-0.3, -0.25) is 19.1 Å². The molecule has 0 saturated carbocycles. The minimum atomic E-state index is -1.48. The molecule has 9 nitrogen and oxygen atoms in total. The zero-order valence-corrected chi connectivity index (χ0v) is 24.6. The molecule has 2 aliphatic heterocycles. The van der Waals surface area contributed by atoms with Crippen molar-refractivity contribution in [1.29, 1.82) is 0 Å². The van der Waals surface area contributed by atoms with Crippen LogP contribution in [0.15, 0.2) is 47.9 Å². The second kappa shape index (κ2) is 10.7. The van der Waals surface area contributed by atoms with Gasteiger partial charge in [0.15, 0.2) is 23.1 Å². The third-order valence-corrected chi connectivity index (χ3v) is 8.28. The standard InChI is InChI=1S/C32H30F3N5O4/c1-6-23(42)38-13-18-14-44-30-29(39(18)12-17(38)5)19-11-21(34)27(24-22(41)8-7-20(33)25(24)35)37-31(19)40(32(30)43)28-16(4)9-10-36-26(28)15(2)3/h6-11,15,17-18,41H,1,12-14H2,2-5H3. The van der Waals surface area contributed by atoms with Gasteiger partial charge >= 0.3 is 5.56 Å². The van der Waals surface area contributed by atoms with Crippen LogP contribution in [0.5, 0.6) is 11.5 Å². The van der Waals surface area contributed by atoms with Gasteiger partial charge < -0.3 is 19.6 Å². The number of aromatic nitrogens is 3. The SMILES string of the molecule is C=CC(=O)N1CC2COc3c(c4cc(F)c(-c5c(O)ccc(F)c5F)nc4n(-c4c(C)ccnc4C(C)C)c3=O)N2CC1C. The molecule has 2 aliphatic rings. The van der Waals surface area contributed by atoms with E-state index in [4.69, 9.17) is 4.74 Å². The number of hydrogen-bond donors (Lipinski definition) is 1. The van der Waals surface area contributed by atoms with Gasteiger partial charge in [-0.05, 0) is 55.7 Å². The van der Waals surface area contributed by atoms with E-state index in [0.29, 0.717) is 23.5 Å². The van der Waals surface area contributed by atoms with Crippen LogP contribution in [0.4, 0.5) is 18.9 Å². The predicted octanol–water partition coefficient (Wildman–Crippen LogP) is 4.99. The van der Waals surface area contributed by atoms with E-state index in [1.54, 1.807) is 24.1 Å². The maximum atomic E-state index is 16.0. The minimum absolute atomic E-state index is 0.0314. The van der Waals surface area contributed by atoms with E-state index < -0.39 is 40.0 Å². The first-order valence-corrected chi connectivity index (χ1v) is 14.2. The first kappa shape index (κ1) is 29.2. The minimum Gasteiger partial charge on any atom is -0.507 e. The Hall–Kier alpha value is -4.87. The monoisotopic (exact) mass is 605 g/mol. The summed E-state index contributed by atoms with van der Waals surface area (Å²) < 4.78 is 52.7. The van der Waals surface area contributed by atoms with Crippen molar-refractivity contribution < 1.29 is 27.8 Å². The molecule has 12 heteroatoms. The molecule has 1 amide bonds. The normalized spacial score (nSPS) is 17.8. The van der Waals surface area contributed by atoms with Gasteiger partial charge in [-0.15, -0.1) is 0 Å². The quantitative estimate of drug-likeness (QED) is 0.328. The Kier molecular flexibility index (Phi) is 7.10. The van der Waals surface area contributed by atoms with Gasteiger partial charge in [0.2, 0.25) is 11.7 Å². The molecule has 0 aliphatic carbocycles. The number of benzene rings is 1. The van der Waals surface area contributed by atoms with Crippen molar-refractivity contribution in [1.82, 2.24) is 19.4 Å². The fourth-order valence-electron chi connectivity index (χ4n) is 6.15. The van der Waals surface area contributed by atoms with Gasteiger partial charge in [0.25, 0.3) is 0 Å². The predicted molar refractivity (Wildman–Crippen MR) is 159 cm³/mol. The van der Waals surface area contributed by atoms with Gasteiger partial charge in [-0.25, -0.2) is 18.2 Å². The molecule has 2 atom stereocenters. The van der Waals surface area contributed by atoms with Crippen molar-refractivity contribution in [2.45, 2.75) is 45.7 Å². The third-order valence-electron chi connectivity index (χ3n) is 8.28. The van der Waals surface area contributed by atoms with Crippen LogP contribution in [-0.2, 0) is 4.79 Å². The topological polar surface area (TPSA) is 101 Å². The number of anilines is 1. The van der Waals surface area contributed by atoms with Crippen molar-refractivity contribution in [3.8, 4) is 28.4 Å². The van der Waals surface area contributed by atoms with Crippen molar-refractivity contribution in [2.75, 3.05) is 24.6 Å². The van der Waals surface area contributed by atoms with Crippen LogP contribution in [0.2, 0.25) is 0 Å². The summed E-state index contributed by atoms with van der Waals surface area (Å²) in [5.74, 6) is -4.97. The van der Waals surface area contributed by atoms with E-state index in [-0.39, 0.29) is 59.5 Å². The van der Waals surface area contributed by atoms with Crippen LogP contribution >= 0.6 is 0 Å². The lowest BCUT2D eigenvalue weighted by Gasteiger charge is -2.48. The number of nitrogens with zero attached hydrogens (tertiary/aromatic N) is 5. The Morgan fingerprint density at radius 2 is 1.91 bits per heavy atom. The number of aryl methyl sites for hydroxylation is 1. The van der Waals surface area contributed by atoms with Crippen LogP contribution < -0.4 is 15.2 Å². The number of halogens is 3. The first-order chi connectivity index (χ1) is 20.9. The fraction of sp³-hybridized carbons (Fsp3) is 0.312. The number of fused-ring (bicyclic) bond motifs is 5. The summed E-state index contributed by atoms with van der Waals surface area (Å²) in [4.78, 5) is 39.5. The van der Waals surface area contributed by atoms with Crippen LogP contribution in [0.1, 0.15) is 37.9 Å². The number of ether oxygens (including phenoxy) is 1. The van der Waals surface area contributed by atoms with E-state index in [9.17, 15) is 19.1 Å². The maximum absolute atomic E-state index is 16.0. The van der Waals surface area contributed by atoms with Crippen molar-refractivity contribution in [3.63, 3.8) is 0 Å². The number of phenols is 1. The Morgan fingerprint density at radius 3 is 2.61 bits per heavy atom. The number of phenolic OH excluding ortho intramolecular Hbond substituents is 1. The number of amides is 1. The Balaban J connectivity index is 1.71. The molecule has 0 radical (unpaired) electrons. The molecule has 3 aromatic heterocycles. The molecule has 1 aromatic carbocycles. The van der Waals surface area contributed by atoms with Crippen LogP contribution in [-0.4, -0.2) is 62.2 Å². The average Bonchev–Trinajstić information content (AvgIpc) is 2.99. The molecule has 1 fully saturated rings. The molecule has 2 unspecified atom stereocenters. The highest BCUT2D eigenvalue weighted by molar-refractivity contribution is 5.97. The number of carbonyl (C=O) groups is 1. The fourth-order valence-corrected chi connectivity index (χ4v) is 6.15. The third kappa shape index (κ3) is 4.39. The Labute approximate surface area is 250 Å². The second-order valence-corrected chi connectivity index (χ2v) is 11.4. The number of aromatic hydroxyl groups is 1. The summed E-state index contributed by atoms with van der Waals surface area (Å²) in [6, 6.07) is 3.78. The zero-order valence-electron chi connectivity index (χ0n) is 24.6. The van der Waals surface area contributed by atoms with Crippen molar-refractivity contribution >= 4 is 22.6 Å². The maximum Gasteiger partial charge on any atom is 0.301 e. The lowest BCUT2D eigenvalue weighted by molar-refractivity contribution is -0.129. The number of hydrogen-bond acceptors (Lipinski definition) is 7. The van der Waals surface area contributed by atoms with E-state index in [1.165, 1.54) is 10.6 Å². The number of rotatable bonds is 4. The molecule has 0 spiro atoms. The highest BCUT2D eigenvalue weighted by atomic mass is 19.2. The summed E-state index contributed by atoms with van der Waals surface area (Å²) >= 11 is 0. The first-order valence-electron chi connectivity index (χ1n) is 14.2. The highest BCUT2D eigenvalue weighted by Gasteiger charge is 2.41. The lowest BCUT2D eigenvalue weighted by Crippen LogP contribution is -2.62.